The summed E-state index contributed by atoms with van der Waals surface area (Å²) >= 11 is 6.00. The van der Waals surface area contributed by atoms with Crippen molar-refractivity contribution in [1.29, 1.82) is 0 Å². The Morgan fingerprint density at radius 3 is 2.76 bits per heavy atom. The Balaban J connectivity index is 2.23. The van der Waals surface area contributed by atoms with E-state index in [0.717, 1.165) is 12.8 Å². The number of nitrogens with one attached hydrogen (secondary N) is 1. The molecule has 0 bridgehead atoms. The molecule has 17 heavy (non-hydrogen) atoms. The van der Waals surface area contributed by atoms with Gasteiger partial charge in [-0.3, -0.25) is 14.9 Å². The number of benzene rings is 1. The minimum atomic E-state index is -0.452. The van der Waals surface area contributed by atoms with Crippen molar-refractivity contribution >= 4 is 23.7 Å². The van der Waals surface area contributed by atoms with E-state index in [9.17, 15) is 14.9 Å². The lowest BCUT2D eigenvalue weighted by Crippen LogP contribution is -2.32. The van der Waals surface area contributed by atoms with Crippen molar-refractivity contribution in [3.63, 3.8) is 0 Å². The molecule has 5 nitrogen and oxygen atoms in total. The Kier molecular flexibility index (Phi) is 3.02. The molecule has 1 aromatic rings. The van der Waals surface area contributed by atoms with Gasteiger partial charge in [0.15, 0.2) is 0 Å². The van der Waals surface area contributed by atoms with E-state index in [4.69, 9.17) is 11.6 Å². The van der Waals surface area contributed by atoms with Gasteiger partial charge < -0.3 is 5.32 Å². The van der Waals surface area contributed by atoms with Gasteiger partial charge in [0, 0.05) is 22.7 Å². The van der Waals surface area contributed by atoms with E-state index in [0.29, 0.717) is 23.4 Å². The highest BCUT2D eigenvalue weighted by molar-refractivity contribution is 6.31. The van der Waals surface area contributed by atoms with Crippen molar-refractivity contribution in [2.45, 2.75) is 24.8 Å². The molecule has 1 aliphatic carbocycles. The van der Waals surface area contributed by atoms with E-state index in [-0.39, 0.29) is 11.2 Å². The summed E-state index contributed by atoms with van der Waals surface area (Å²) in [6, 6.07) is 4.36. The summed E-state index contributed by atoms with van der Waals surface area (Å²) in [6.07, 6.45) is 2.96. The topological polar surface area (TPSA) is 72.2 Å². The number of nitro groups is 1. The molecule has 0 aliphatic heterocycles. The quantitative estimate of drug-likeness (QED) is 0.497. The van der Waals surface area contributed by atoms with Crippen LogP contribution in [0.1, 0.15) is 18.4 Å². The van der Waals surface area contributed by atoms with Crippen molar-refractivity contribution in [3.8, 4) is 0 Å². The third kappa shape index (κ3) is 2.55. The van der Waals surface area contributed by atoms with Gasteiger partial charge >= 0.3 is 0 Å². The summed E-state index contributed by atoms with van der Waals surface area (Å²) < 4.78 is 0. The predicted octanol–water partition coefficient (Wildman–Crippen LogP) is 2.07. The molecule has 1 aromatic carbocycles. The molecule has 90 valence electrons. The molecule has 0 atom stereocenters. The first-order valence-electron chi connectivity index (χ1n) is 5.20. The maximum absolute atomic E-state index is 10.7. The van der Waals surface area contributed by atoms with E-state index in [1.54, 1.807) is 0 Å². The molecule has 0 heterocycles. The van der Waals surface area contributed by atoms with Crippen LogP contribution in [0.15, 0.2) is 18.2 Å². The van der Waals surface area contributed by atoms with Crippen molar-refractivity contribution in [2.75, 3.05) is 0 Å². The standard InChI is InChI=1S/C11H11ClN2O3/c12-10-2-1-9(14(16)17)5-8(10)6-11(3-4-11)13-7-15/h1-2,5,7H,3-4,6H2,(H,13,15). The van der Waals surface area contributed by atoms with Gasteiger partial charge in [-0.2, -0.15) is 0 Å². The number of carbonyl (C=O) groups excluding carboxylic acids is 1. The Labute approximate surface area is 103 Å². The number of hydrogen-bond acceptors (Lipinski definition) is 3. The number of halogens is 1. The average molecular weight is 255 g/mol. The first-order chi connectivity index (χ1) is 8.06. The second-order valence-electron chi connectivity index (χ2n) is 4.25. The highest BCUT2D eigenvalue weighted by atomic mass is 35.5. The first kappa shape index (κ1) is 11.9. The number of carbonyl (C=O) groups is 1. The molecule has 6 heteroatoms. The van der Waals surface area contributed by atoms with Gasteiger partial charge in [0.1, 0.15) is 0 Å². The zero-order chi connectivity index (χ0) is 12.5. The monoisotopic (exact) mass is 254 g/mol. The van der Waals surface area contributed by atoms with Gasteiger partial charge in [-0.25, -0.2) is 0 Å². The molecular weight excluding hydrogens is 244 g/mol. The van der Waals surface area contributed by atoms with Gasteiger partial charge in [0.25, 0.3) is 5.69 Å². The van der Waals surface area contributed by atoms with Crippen LogP contribution in [0.4, 0.5) is 5.69 Å². The van der Waals surface area contributed by atoms with Crippen LogP contribution in [0.3, 0.4) is 0 Å². The average Bonchev–Trinajstić information content (AvgIpc) is 3.02. The molecular formula is C11H11ClN2O3. The second-order valence-corrected chi connectivity index (χ2v) is 4.66. The van der Waals surface area contributed by atoms with E-state index < -0.39 is 4.92 Å². The lowest BCUT2D eigenvalue weighted by atomic mass is 10.0. The highest BCUT2D eigenvalue weighted by Gasteiger charge is 2.42. The van der Waals surface area contributed by atoms with Gasteiger partial charge in [-0.05, 0) is 30.9 Å². The zero-order valence-corrected chi connectivity index (χ0v) is 9.74. The molecule has 0 spiro atoms. The Bertz CT molecular complexity index is 472. The normalized spacial score (nSPS) is 16.3. The van der Waals surface area contributed by atoms with Crippen LogP contribution in [-0.2, 0) is 11.2 Å². The summed E-state index contributed by atoms with van der Waals surface area (Å²) in [7, 11) is 0. The van der Waals surface area contributed by atoms with Crippen LogP contribution in [-0.4, -0.2) is 16.9 Å². The van der Waals surface area contributed by atoms with E-state index in [1.165, 1.54) is 18.2 Å². The summed E-state index contributed by atoms with van der Waals surface area (Å²) in [6.45, 7) is 0. The summed E-state index contributed by atoms with van der Waals surface area (Å²) in [4.78, 5) is 20.7. The van der Waals surface area contributed by atoms with Crippen molar-refractivity contribution in [3.05, 3.63) is 38.9 Å². The number of hydrogen-bond donors (Lipinski definition) is 1. The fourth-order valence-corrected chi connectivity index (χ4v) is 2.01. The van der Waals surface area contributed by atoms with Gasteiger partial charge in [-0.15, -0.1) is 0 Å². The third-order valence-corrected chi connectivity index (χ3v) is 3.36. The molecule has 1 N–H and O–H groups in total. The van der Waals surface area contributed by atoms with Crippen LogP contribution in [0.5, 0.6) is 0 Å². The molecule has 0 unspecified atom stereocenters. The number of rotatable bonds is 5. The van der Waals surface area contributed by atoms with E-state index >= 15 is 0 Å². The zero-order valence-electron chi connectivity index (χ0n) is 8.98. The minimum Gasteiger partial charge on any atom is -0.353 e. The third-order valence-electron chi connectivity index (χ3n) is 2.99. The Hall–Kier alpha value is -1.62. The maximum atomic E-state index is 10.7. The molecule has 1 aliphatic rings. The summed E-state index contributed by atoms with van der Waals surface area (Å²) in [5.74, 6) is 0. The fraction of sp³-hybridized carbons (Fsp3) is 0.364. The number of nitrogens with zero attached hydrogens (tertiary/aromatic N) is 1. The van der Waals surface area contributed by atoms with Crippen LogP contribution >= 0.6 is 11.6 Å². The number of nitro benzene ring substituents is 1. The van der Waals surface area contributed by atoms with Crippen molar-refractivity contribution in [2.24, 2.45) is 0 Å². The molecule has 1 fully saturated rings. The Morgan fingerprint density at radius 2 is 2.24 bits per heavy atom. The highest BCUT2D eigenvalue weighted by Crippen LogP contribution is 2.40. The molecule has 2 rings (SSSR count). The SMILES string of the molecule is O=CNC1(Cc2cc([N+](=O)[O-])ccc2Cl)CC1. The van der Waals surface area contributed by atoms with Crippen LogP contribution < -0.4 is 5.32 Å². The lowest BCUT2D eigenvalue weighted by molar-refractivity contribution is -0.384. The molecule has 1 saturated carbocycles. The fourth-order valence-electron chi connectivity index (χ4n) is 1.82. The van der Waals surface area contributed by atoms with Gasteiger partial charge in [0.05, 0.1) is 4.92 Å². The summed E-state index contributed by atoms with van der Waals surface area (Å²) in [5.41, 5.74) is 0.472. The van der Waals surface area contributed by atoms with Gasteiger partial charge in [0.2, 0.25) is 6.41 Å². The van der Waals surface area contributed by atoms with Crippen LogP contribution in [0, 0.1) is 10.1 Å². The minimum absolute atomic E-state index is 0.0197. The second kappa shape index (κ2) is 4.33. The molecule has 1 amide bonds. The number of non-ortho nitro benzene ring substituents is 1. The molecule has 0 aromatic heterocycles. The smallest absolute Gasteiger partial charge is 0.269 e. The van der Waals surface area contributed by atoms with Gasteiger partial charge in [-0.1, -0.05) is 11.6 Å². The molecule has 0 saturated heterocycles. The van der Waals surface area contributed by atoms with Crippen molar-refractivity contribution in [1.82, 2.24) is 5.32 Å². The lowest BCUT2D eigenvalue weighted by Gasteiger charge is -2.14. The predicted molar refractivity (Wildman–Crippen MR) is 63.0 cm³/mol. The van der Waals surface area contributed by atoms with E-state index in [1.807, 2.05) is 0 Å². The Morgan fingerprint density at radius 1 is 1.53 bits per heavy atom. The largest absolute Gasteiger partial charge is 0.353 e. The van der Waals surface area contributed by atoms with Crippen molar-refractivity contribution < 1.29 is 9.72 Å². The first-order valence-corrected chi connectivity index (χ1v) is 5.58. The maximum Gasteiger partial charge on any atom is 0.269 e. The number of amides is 1. The summed E-state index contributed by atoms with van der Waals surface area (Å²) in [5, 5.41) is 13.9. The van der Waals surface area contributed by atoms with Crippen LogP contribution in [0.25, 0.3) is 0 Å². The van der Waals surface area contributed by atoms with Crippen LogP contribution in [0.2, 0.25) is 5.02 Å². The molecule has 0 radical (unpaired) electrons. The van der Waals surface area contributed by atoms with E-state index in [2.05, 4.69) is 5.32 Å².